The van der Waals surface area contributed by atoms with Crippen molar-refractivity contribution in [2.24, 2.45) is 0 Å². The van der Waals surface area contributed by atoms with E-state index in [0.29, 0.717) is 12.4 Å². The van der Waals surface area contributed by atoms with Crippen LogP contribution in [0.5, 0.6) is 0 Å². The molecule has 0 radical (unpaired) electrons. The van der Waals surface area contributed by atoms with Gasteiger partial charge in [-0.25, -0.2) is 14.5 Å². The van der Waals surface area contributed by atoms with E-state index in [0.717, 1.165) is 53.7 Å². The molecule has 1 aliphatic heterocycles. The van der Waals surface area contributed by atoms with E-state index in [9.17, 15) is 4.79 Å². The third-order valence-corrected chi connectivity index (χ3v) is 6.40. The van der Waals surface area contributed by atoms with Crippen molar-refractivity contribution in [1.29, 1.82) is 0 Å². The average Bonchev–Trinajstić information content (AvgIpc) is 3.44. The highest BCUT2D eigenvalue weighted by atomic mass is 16.2. The fraction of sp³-hybridized carbons (Fsp3) is 0.381. The molecule has 0 atom stereocenters. The number of aromatic nitrogens is 6. The molecule has 152 valence electrons. The highest BCUT2D eigenvalue weighted by Crippen LogP contribution is 2.41. The van der Waals surface area contributed by atoms with E-state index in [2.05, 4.69) is 42.2 Å². The molecule has 0 spiro atoms. The first-order valence-corrected chi connectivity index (χ1v) is 10.3. The number of H-pyrrole nitrogens is 1. The van der Waals surface area contributed by atoms with E-state index in [1.807, 2.05) is 30.7 Å². The van der Waals surface area contributed by atoms with E-state index >= 15 is 0 Å². The summed E-state index contributed by atoms with van der Waals surface area (Å²) in [6.45, 7) is 3.06. The number of nitrogens with zero attached hydrogens (tertiary/aromatic N) is 6. The zero-order valence-corrected chi connectivity index (χ0v) is 16.7. The van der Waals surface area contributed by atoms with Crippen molar-refractivity contribution in [2.75, 3.05) is 11.9 Å². The van der Waals surface area contributed by atoms with Crippen LogP contribution < -0.4 is 5.32 Å². The number of carbonyl (C=O) groups is 1. The van der Waals surface area contributed by atoms with Gasteiger partial charge in [0.25, 0.3) is 0 Å². The molecule has 9 nitrogen and oxygen atoms in total. The fourth-order valence-corrected chi connectivity index (χ4v) is 4.88. The van der Waals surface area contributed by atoms with Crippen LogP contribution in [0.4, 0.5) is 5.95 Å². The van der Waals surface area contributed by atoms with Gasteiger partial charge < -0.3 is 15.2 Å². The molecule has 1 saturated carbocycles. The first-order chi connectivity index (χ1) is 14.6. The quantitative estimate of drug-likeness (QED) is 0.544. The summed E-state index contributed by atoms with van der Waals surface area (Å²) in [4.78, 5) is 31.2. The van der Waals surface area contributed by atoms with Crippen LogP contribution in [0.1, 0.15) is 32.6 Å². The molecule has 0 bridgehead atoms. The normalized spacial score (nSPS) is 24.0. The minimum atomic E-state index is -0.0348. The highest BCUT2D eigenvalue weighted by molar-refractivity contribution is 5.92. The summed E-state index contributed by atoms with van der Waals surface area (Å²) in [6, 6.07) is 4.09. The molecule has 4 aromatic heterocycles. The van der Waals surface area contributed by atoms with E-state index in [1.54, 1.807) is 10.7 Å². The Morgan fingerprint density at radius 2 is 2.17 bits per heavy atom. The standard InChI is InChI=1S/C21H22N8O/c1-21(28-7-2-3-18(28)30)9-13(10-21)25-20-23-12-15-14(11-22-19(15)27-20)16-5-8-29-17(26-16)4-6-24-29/h4-6,8,11-13H,2-3,7,9-10H2,1H3,(H2,22,23,25,27). The van der Waals surface area contributed by atoms with Gasteiger partial charge in [0.05, 0.1) is 11.9 Å². The van der Waals surface area contributed by atoms with Crippen LogP contribution in [-0.2, 0) is 4.79 Å². The second-order valence-electron chi connectivity index (χ2n) is 8.50. The number of fused-ring (bicyclic) bond motifs is 2. The van der Waals surface area contributed by atoms with Crippen molar-refractivity contribution in [3.05, 3.63) is 36.9 Å². The number of rotatable bonds is 4. The third-order valence-electron chi connectivity index (χ3n) is 6.40. The molecular weight excluding hydrogens is 380 g/mol. The summed E-state index contributed by atoms with van der Waals surface area (Å²) in [5, 5.41) is 8.54. The Balaban J connectivity index is 1.20. The Bertz CT molecular complexity index is 1270. The van der Waals surface area contributed by atoms with Gasteiger partial charge in [0.15, 0.2) is 5.65 Å². The smallest absolute Gasteiger partial charge is 0.224 e. The lowest BCUT2D eigenvalue weighted by atomic mass is 9.73. The van der Waals surface area contributed by atoms with Gasteiger partial charge >= 0.3 is 0 Å². The second kappa shape index (κ2) is 6.25. The molecular formula is C21H22N8O. The van der Waals surface area contributed by atoms with Crippen molar-refractivity contribution >= 4 is 28.5 Å². The highest BCUT2D eigenvalue weighted by Gasteiger charge is 2.48. The zero-order valence-electron chi connectivity index (χ0n) is 16.7. The molecule has 5 heterocycles. The van der Waals surface area contributed by atoms with Crippen molar-refractivity contribution in [2.45, 2.75) is 44.2 Å². The summed E-state index contributed by atoms with van der Waals surface area (Å²) in [5.41, 5.74) is 3.35. The van der Waals surface area contributed by atoms with Gasteiger partial charge in [-0.15, -0.1) is 0 Å². The van der Waals surface area contributed by atoms with Gasteiger partial charge in [-0.05, 0) is 32.3 Å². The molecule has 30 heavy (non-hydrogen) atoms. The predicted molar refractivity (Wildman–Crippen MR) is 112 cm³/mol. The molecule has 9 heteroatoms. The van der Waals surface area contributed by atoms with Crippen molar-refractivity contribution in [3.63, 3.8) is 0 Å². The summed E-state index contributed by atoms with van der Waals surface area (Å²) in [7, 11) is 0. The van der Waals surface area contributed by atoms with Crippen LogP contribution in [0.25, 0.3) is 27.9 Å². The van der Waals surface area contributed by atoms with E-state index in [1.165, 1.54) is 0 Å². The Hall–Kier alpha value is -3.49. The SMILES string of the molecule is CC1(N2CCCC2=O)CC(Nc2ncc3c(-c4ccn5nccc5n4)c[nH]c3n2)C1. The fourth-order valence-electron chi connectivity index (χ4n) is 4.88. The molecule has 1 amide bonds. The van der Waals surface area contributed by atoms with Crippen molar-refractivity contribution < 1.29 is 4.79 Å². The van der Waals surface area contributed by atoms with Gasteiger partial charge in [0.1, 0.15) is 5.65 Å². The van der Waals surface area contributed by atoms with E-state index < -0.39 is 0 Å². The molecule has 1 saturated heterocycles. The monoisotopic (exact) mass is 402 g/mol. The Kier molecular flexibility index (Phi) is 3.62. The molecule has 4 aromatic rings. The van der Waals surface area contributed by atoms with Crippen molar-refractivity contribution in [1.82, 2.24) is 34.4 Å². The van der Waals surface area contributed by atoms with Crippen LogP contribution in [0, 0.1) is 0 Å². The first-order valence-electron chi connectivity index (χ1n) is 10.3. The third kappa shape index (κ3) is 2.65. The average molecular weight is 402 g/mol. The lowest BCUT2D eigenvalue weighted by Crippen LogP contribution is -2.59. The van der Waals surface area contributed by atoms with Gasteiger partial charge in [-0.1, -0.05) is 0 Å². The first kappa shape index (κ1) is 17.4. The van der Waals surface area contributed by atoms with Crippen molar-refractivity contribution in [3.8, 4) is 11.3 Å². The maximum atomic E-state index is 12.1. The van der Waals surface area contributed by atoms with Gasteiger partial charge in [-0.3, -0.25) is 4.79 Å². The Morgan fingerprint density at radius 1 is 1.27 bits per heavy atom. The van der Waals surface area contributed by atoms with Crippen LogP contribution in [0.15, 0.2) is 36.9 Å². The summed E-state index contributed by atoms with van der Waals surface area (Å²) in [6.07, 6.45) is 10.9. The number of amides is 1. The van der Waals surface area contributed by atoms with Crippen LogP contribution in [-0.4, -0.2) is 58.5 Å². The predicted octanol–water partition coefficient (Wildman–Crippen LogP) is 2.62. The molecule has 0 unspecified atom stereocenters. The lowest BCUT2D eigenvalue weighted by molar-refractivity contribution is -0.136. The van der Waals surface area contributed by atoms with E-state index in [4.69, 9.17) is 0 Å². The Morgan fingerprint density at radius 3 is 3.00 bits per heavy atom. The summed E-state index contributed by atoms with van der Waals surface area (Å²) < 4.78 is 1.74. The topological polar surface area (TPSA) is 104 Å². The summed E-state index contributed by atoms with van der Waals surface area (Å²) >= 11 is 0. The molecule has 0 aromatic carbocycles. The lowest BCUT2D eigenvalue weighted by Gasteiger charge is -2.51. The second-order valence-corrected chi connectivity index (χ2v) is 8.50. The zero-order chi connectivity index (χ0) is 20.3. The number of hydrogen-bond acceptors (Lipinski definition) is 6. The molecule has 6 rings (SSSR count). The summed E-state index contributed by atoms with van der Waals surface area (Å²) in [5.74, 6) is 0.894. The maximum Gasteiger partial charge on any atom is 0.224 e. The van der Waals surface area contributed by atoms with E-state index in [-0.39, 0.29) is 17.5 Å². The van der Waals surface area contributed by atoms with Gasteiger partial charge in [0, 0.05) is 60.2 Å². The van der Waals surface area contributed by atoms with Gasteiger partial charge in [0.2, 0.25) is 11.9 Å². The Labute approximate surface area is 172 Å². The number of carbonyl (C=O) groups excluding carboxylic acids is 1. The molecule has 1 aliphatic carbocycles. The van der Waals surface area contributed by atoms with Crippen LogP contribution >= 0.6 is 0 Å². The largest absolute Gasteiger partial charge is 0.351 e. The minimum absolute atomic E-state index is 0.0348. The molecule has 2 N–H and O–H groups in total. The number of aromatic amines is 1. The minimum Gasteiger partial charge on any atom is -0.351 e. The van der Waals surface area contributed by atoms with Crippen LogP contribution in [0.2, 0.25) is 0 Å². The number of likely N-dealkylation sites (tertiary alicyclic amines) is 1. The molecule has 2 aliphatic rings. The molecule has 2 fully saturated rings. The number of hydrogen-bond donors (Lipinski definition) is 2. The number of anilines is 1. The maximum absolute atomic E-state index is 12.1. The number of nitrogens with one attached hydrogen (secondary N) is 2. The van der Waals surface area contributed by atoms with Crippen LogP contribution in [0.3, 0.4) is 0 Å². The van der Waals surface area contributed by atoms with Gasteiger partial charge in [-0.2, -0.15) is 10.1 Å².